The van der Waals surface area contributed by atoms with Gasteiger partial charge in [-0.2, -0.15) is 0 Å². The third-order valence-electron chi connectivity index (χ3n) is 3.18. The molecule has 0 bridgehead atoms. The predicted molar refractivity (Wildman–Crippen MR) is 55.0 cm³/mol. The normalized spacial score (nSPS) is 31.6. The molecule has 2 aliphatic rings. The highest BCUT2D eigenvalue weighted by Crippen LogP contribution is 2.11. The number of fused-ring (bicyclic) bond motifs is 1. The summed E-state index contributed by atoms with van der Waals surface area (Å²) in [5.41, 5.74) is 0. The molecular weight excluding hydrogens is 162 g/mol. The van der Waals surface area contributed by atoms with Crippen molar-refractivity contribution in [2.45, 2.75) is 19.4 Å². The van der Waals surface area contributed by atoms with Gasteiger partial charge in [0.05, 0.1) is 0 Å². The molecule has 0 aromatic heterocycles. The average Bonchev–Trinajstić information content (AvgIpc) is 2.18. The van der Waals surface area contributed by atoms with Crippen LogP contribution in [0.4, 0.5) is 0 Å². The first-order valence-electron chi connectivity index (χ1n) is 5.57. The van der Waals surface area contributed by atoms with Gasteiger partial charge in [-0.25, -0.2) is 0 Å². The average molecular weight is 183 g/mol. The third-order valence-corrected chi connectivity index (χ3v) is 3.18. The van der Waals surface area contributed by atoms with Crippen molar-refractivity contribution < 1.29 is 0 Å². The van der Waals surface area contributed by atoms with E-state index in [1.54, 1.807) is 0 Å². The first kappa shape index (κ1) is 9.44. The maximum atomic E-state index is 3.48. The Hall–Kier alpha value is -0.120. The minimum absolute atomic E-state index is 0.786. The first-order chi connectivity index (χ1) is 6.40. The van der Waals surface area contributed by atoms with E-state index in [0.717, 1.165) is 6.04 Å². The van der Waals surface area contributed by atoms with Gasteiger partial charge in [0.15, 0.2) is 0 Å². The van der Waals surface area contributed by atoms with Gasteiger partial charge in [0, 0.05) is 45.3 Å². The van der Waals surface area contributed by atoms with Crippen molar-refractivity contribution in [3.05, 3.63) is 0 Å². The second-order valence-electron chi connectivity index (χ2n) is 4.19. The van der Waals surface area contributed by atoms with Crippen molar-refractivity contribution in [3.8, 4) is 0 Å². The summed E-state index contributed by atoms with van der Waals surface area (Å²) in [5, 5.41) is 3.48. The molecule has 0 radical (unpaired) electrons. The summed E-state index contributed by atoms with van der Waals surface area (Å²) in [4.78, 5) is 5.25. The molecule has 2 rings (SSSR count). The molecule has 2 aliphatic heterocycles. The van der Waals surface area contributed by atoms with E-state index in [-0.39, 0.29) is 0 Å². The highest BCUT2D eigenvalue weighted by Gasteiger charge is 2.27. The topological polar surface area (TPSA) is 18.5 Å². The zero-order valence-electron chi connectivity index (χ0n) is 8.63. The molecule has 1 N–H and O–H groups in total. The van der Waals surface area contributed by atoms with Gasteiger partial charge >= 0.3 is 0 Å². The van der Waals surface area contributed by atoms with Crippen molar-refractivity contribution in [2.24, 2.45) is 0 Å². The fourth-order valence-corrected chi connectivity index (χ4v) is 2.46. The summed E-state index contributed by atoms with van der Waals surface area (Å²) in [5.74, 6) is 0. The van der Waals surface area contributed by atoms with Gasteiger partial charge in [-0.05, 0) is 13.0 Å². The van der Waals surface area contributed by atoms with E-state index in [4.69, 9.17) is 0 Å². The van der Waals surface area contributed by atoms with Gasteiger partial charge in [-0.1, -0.05) is 6.92 Å². The number of hydrogen-bond donors (Lipinski definition) is 1. The highest BCUT2D eigenvalue weighted by atomic mass is 15.3. The maximum absolute atomic E-state index is 3.48. The molecule has 2 saturated heterocycles. The summed E-state index contributed by atoms with van der Waals surface area (Å²) >= 11 is 0. The van der Waals surface area contributed by atoms with Crippen LogP contribution >= 0.6 is 0 Å². The summed E-state index contributed by atoms with van der Waals surface area (Å²) in [7, 11) is 0. The van der Waals surface area contributed by atoms with E-state index in [1.165, 1.54) is 52.2 Å². The van der Waals surface area contributed by atoms with Crippen molar-refractivity contribution in [1.29, 1.82) is 0 Å². The maximum Gasteiger partial charge on any atom is 0.0348 e. The lowest BCUT2D eigenvalue weighted by atomic mass is 10.1. The van der Waals surface area contributed by atoms with Crippen LogP contribution in [0.1, 0.15) is 13.3 Å². The lowest BCUT2D eigenvalue weighted by Gasteiger charge is -2.44. The van der Waals surface area contributed by atoms with Crippen LogP contribution in [0, 0.1) is 0 Å². The molecule has 1 atom stereocenters. The fraction of sp³-hybridized carbons (Fsp3) is 1.00. The Labute approximate surface area is 81.1 Å². The molecule has 3 heteroatoms. The molecule has 13 heavy (non-hydrogen) atoms. The van der Waals surface area contributed by atoms with Gasteiger partial charge in [0.25, 0.3) is 0 Å². The zero-order chi connectivity index (χ0) is 9.10. The Morgan fingerprint density at radius 2 is 2.23 bits per heavy atom. The first-order valence-corrected chi connectivity index (χ1v) is 5.57. The summed E-state index contributed by atoms with van der Waals surface area (Å²) < 4.78 is 0. The number of nitrogens with one attached hydrogen (secondary N) is 1. The van der Waals surface area contributed by atoms with Crippen LogP contribution in [0.2, 0.25) is 0 Å². The van der Waals surface area contributed by atoms with Crippen LogP contribution in [0.5, 0.6) is 0 Å². The Morgan fingerprint density at radius 3 is 3.08 bits per heavy atom. The smallest absolute Gasteiger partial charge is 0.0348 e. The molecule has 0 spiro atoms. The van der Waals surface area contributed by atoms with Gasteiger partial charge in [0.1, 0.15) is 0 Å². The lowest BCUT2D eigenvalue weighted by molar-refractivity contribution is 0.0582. The lowest BCUT2D eigenvalue weighted by Crippen LogP contribution is -2.61. The van der Waals surface area contributed by atoms with E-state index in [2.05, 4.69) is 22.0 Å². The summed E-state index contributed by atoms with van der Waals surface area (Å²) in [6.07, 6.45) is 1.29. The predicted octanol–water partition coefficient (Wildman–Crippen LogP) is -0.0142. The molecule has 0 aromatic carbocycles. The second kappa shape index (κ2) is 4.40. The molecular formula is C10H21N3. The quantitative estimate of drug-likeness (QED) is 0.649. The largest absolute Gasteiger partial charge is 0.314 e. The van der Waals surface area contributed by atoms with Crippen molar-refractivity contribution >= 4 is 0 Å². The van der Waals surface area contributed by atoms with Crippen LogP contribution in [-0.2, 0) is 0 Å². The number of hydrogen-bond acceptors (Lipinski definition) is 3. The number of rotatable bonds is 2. The minimum atomic E-state index is 0.786. The van der Waals surface area contributed by atoms with E-state index >= 15 is 0 Å². The Balaban J connectivity index is 1.84. The molecule has 0 aliphatic carbocycles. The van der Waals surface area contributed by atoms with E-state index < -0.39 is 0 Å². The van der Waals surface area contributed by atoms with Crippen LogP contribution < -0.4 is 5.32 Å². The van der Waals surface area contributed by atoms with Gasteiger partial charge < -0.3 is 10.2 Å². The molecule has 0 saturated carbocycles. The van der Waals surface area contributed by atoms with Crippen LogP contribution in [0.25, 0.3) is 0 Å². The zero-order valence-corrected chi connectivity index (χ0v) is 8.63. The molecule has 76 valence electrons. The minimum Gasteiger partial charge on any atom is -0.314 e. The second-order valence-corrected chi connectivity index (χ2v) is 4.19. The Morgan fingerprint density at radius 1 is 1.31 bits per heavy atom. The molecule has 2 fully saturated rings. The monoisotopic (exact) mass is 183 g/mol. The Kier molecular flexibility index (Phi) is 3.19. The van der Waals surface area contributed by atoms with Crippen LogP contribution in [0.15, 0.2) is 0 Å². The summed E-state index contributed by atoms with van der Waals surface area (Å²) in [6, 6.07) is 0.786. The fourth-order valence-electron chi connectivity index (χ4n) is 2.46. The van der Waals surface area contributed by atoms with Crippen molar-refractivity contribution in [3.63, 3.8) is 0 Å². The number of piperazine rings is 2. The Bertz CT molecular complexity index is 160. The molecule has 0 amide bonds. The van der Waals surface area contributed by atoms with E-state index in [0.29, 0.717) is 0 Å². The standard InChI is InChI=1S/C10H21N3/c1-2-4-12-6-7-13-5-3-11-8-10(13)9-12/h10-11H,2-9H2,1H3. The molecule has 2 heterocycles. The molecule has 0 aromatic rings. The molecule has 3 nitrogen and oxygen atoms in total. The van der Waals surface area contributed by atoms with Crippen molar-refractivity contribution in [2.75, 3.05) is 45.8 Å². The van der Waals surface area contributed by atoms with E-state index in [1.807, 2.05) is 0 Å². The van der Waals surface area contributed by atoms with Crippen LogP contribution in [0.3, 0.4) is 0 Å². The number of nitrogens with zero attached hydrogens (tertiary/aromatic N) is 2. The van der Waals surface area contributed by atoms with Gasteiger partial charge in [-0.15, -0.1) is 0 Å². The third kappa shape index (κ3) is 2.22. The van der Waals surface area contributed by atoms with Crippen LogP contribution in [-0.4, -0.2) is 61.7 Å². The SMILES string of the molecule is CCCN1CCN2CCNCC2C1. The van der Waals surface area contributed by atoms with Gasteiger partial charge in [0.2, 0.25) is 0 Å². The van der Waals surface area contributed by atoms with Gasteiger partial charge in [-0.3, -0.25) is 4.90 Å². The highest BCUT2D eigenvalue weighted by molar-refractivity contribution is 4.86. The molecule has 1 unspecified atom stereocenters. The van der Waals surface area contributed by atoms with E-state index in [9.17, 15) is 0 Å². The summed E-state index contributed by atoms with van der Waals surface area (Å²) in [6.45, 7) is 11.0. The van der Waals surface area contributed by atoms with Crippen molar-refractivity contribution in [1.82, 2.24) is 15.1 Å².